The lowest BCUT2D eigenvalue weighted by atomic mass is 9.82. The molecule has 25 heavy (non-hydrogen) atoms. The van der Waals surface area contributed by atoms with Crippen molar-refractivity contribution in [2.45, 2.75) is 55.8 Å². The maximum Gasteiger partial charge on any atom is 0.424 e. The molecular weight excluding hydrogens is 361 g/mol. The van der Waals surface area contributed by atoms with Crippen LogP contribution < -0.4 is 11.1 Å². The Labute approximate surface area is 150 Å². The van der Waals surface area contributed by atoms with Gasteiger partial charge in [-0.2, -0.15) is 13.2 Å². The first kappa shape index (κ1) is 21.7. The van der Waals surface area contributed by atoms with E-state index in [0.29, 0.717) is 12.8 Å². The quantitative estimate of drug-likeness (QED) is 0.721. The van der Waals surface area contributed by atoms with Crippen LogP contribution in [0.3, 0.4) is 0 Å². The van der Waals surface area contributed by atoms with Crippen molar-refractivity contribution in [3.63, 3.8) is 0 Å². The summed E-state index contributed by atoms with van der Waals surface area (Å²) in [6.45, 7) is -0.347. The van der Waals surface area contributed by atoms with Crippen LogP contribution in [0.4, 0.5) is 13.2 Å². The number of nitrogens with one attached hydrogen (secondary N) is 1. The van der Waals surface area contributed by atoms with Crippen LogP contribution in [0, 0.1) is 0 Å². The number of carbonyl (C=O) groups is 1. The van der Waals surface area contributed by atoms with Gasteiger partial charge in [0.05, 0.1) is 5.54 Å². The Morgan fingerprint density at radius 2 is 2.00 bits per heavy atom. The number of hydrogen-bond donors (Lipinski definition) is 3. The van der Waals surface area contributed by atoms with Crippen molar-refractivity contribution < 1.29 is 23.1 Å². The van der Waals surface area contributed by atoms with Gasteiger partial charge in [0.1, 0.15) is 5.82 Å². The van der Waals surface area contributed by atoms with Crippen LogP contribution in [0.15, 0.2) is 12.4 Å². The maximum absolute atomic E-state index is 13.4. The Kier molecular flexibility index (Phi) is 6.88. The standard InChI is InChI=1S/C15H23F3N4O2.ClH/c1-22-10-9-20-11(22)14(24,15(16,17)18)7-8-21-12(23)13(19)5-3-2-4-6-13;/h9-10,24H,2-8,19H2,1H3,(H,21,23);1H. The van der Waals surface area contributed by atoms with Crippen molar-refractivity contribution >= 4 is 18.3 Å². The molecule has 1 aromatic heterocycles. The first-order chi connectivity index (χ1) is 11.1. The molecule has 6 nitrogen and oxygen atoms in total. The fraction of sp³-hybridized carbons (Fsp3) is 0.733. The average Bonchev–Trinajstić information content (AvgIpc) is 2.93. The number of imidazole rings is 1. The van der Waals surface area contributed by atoms with Gasteiger partial charge in [0.15, 0.2) is 0 Å². The lowest BCUT2D eigenvalue weighted by Crippen LogP contribution is -2.56. The third-order valence-corrected chi connectivity index (χ3v) is 4.63. The first-order valence-corrected chi connectivity index (χ1v) is 7.94. The van der Waals surface area contributed by atoms with E-state index in [2.05, 4.69) is 10.3 Å². The van der Waals surface area contributed by atoms with Crippen LogP contribution in [0.25, 0.3) is 0 Å². The SMILES string of the molecule is Cl.Cn1ccnc1C(O)(CCNC(=O)C1(N)CCCCC1)C(F)(F)F. The average molecular weight is 385 g/mol. The van der Waals surface area contributed by atoms with Gasteiger partial charge in [-0.05, 0) is 12.8 Å². The summed E-state index contributed by atoms with van der Waals surface area (Å²) in [5.41, 5.74) is 1.88. The summed E-state index contributed by atoms with van der Waals surface area (Å²) in [7, 11) is 1.37. The Morgan fingerprint density at radius 3 is 2.48 bits per heavy atom. The van der Waals surface area contributed by atoms with Gasteiger partial charge < -0.3 is 20.7 Å². The summed E-state index contributed by atoms with van der Waals surface area (Å²) < 4.78 is 41.2. The second-order valence-electron chi connectivity index (χ2n) is 6.44. The lowest BCUT2D eigenvalue weighted by Gasteiger charge is -2.33. The van der Waals surface area contributed by atoms with E-state index in [9.17, 15) is 23.1 Å². The molecule has 1 saturated carbocycles. The van der Waals surface area contributed by atoms with Gasteiger partial charge >= 0.3 is 6.18 Å². The third kappa shape index (κ3) is 4.45. The molecule has 0 spiro atoms. The zero-order valence-electron chi connectivity index (χ0n) is 14.0. The number of amides is 1. The fourth-order valence-corrected chi connectivity index (χ4v) is 3.09. The van der Waals surface area contributed by atoms with Gasteiger partial charge in [0, 0.05) is 32.4 Å². The number of nitrogens with zero attached hydrogens (tertiary/aromatic N) is 2. The van der Waals surface area contributed by atoms with Crippen LogP contribution >= 0.6 is 12.4 Å². The fourth-order valence-electron chi connectivity index (χ4n) is 3.09. The molecule has 1 heterocycles. The van der Waals surface area contributed by atoms with Crippen molar-refractivity contribution in [3.05, 3.63) is 18.2 Å². The number of nitrogens with two attached hydrogens (primary N) is 1. The molecule has 0 bridgehead atoms. The summed E-state index contributed by atoms with van der Waals surface area (Å²) in [5, 5.41) is 12.6. The minimum atomic E-state index is -4.91. The zero-order chi connectivity index (χ0) is 18.0. The zero-order valence-corrected chi connectivity index (χ0v) is 14.8. The van der Waals surface area contributed by atoms with E-state index < -0.39 is 35.5 Å². The smallest absolute Gasteiger partial charge is 0.374 e. The predicted octanol–water partition coefficient (Wildman–Crippen LogP) is 1.76. The Hall–Kier alpha value is -1.32. The van der Waals surface area contributed by atoms with Gasteiger partial charge in [-0.25, -0.2) is 4.98 Å². The number of hydrogen-bond acceptors (Lipinski definition) is 4. The molecule has 1 fully saturated rings. The van der Waals surface area contributed by atoms with Crippen molar-refractivity contribution in [1.82, 2.24) is 14.9 Å². The second-order valence-corrected chi connectivity index (χ2v) is 6.44. The minimum absolute atomic E-state index is 0. The van der Waals surface area contributed by atoms with Crippen LogP contribution in [-0.4, -0.2) is 38.8 Å². The third-order valence-electron chi connectivity index (χ3n) is 4.63. The van der Waals surface area contributed by atoms with E-state index in [1.807, 2.05) is 0 Å². The molecule has 0 aromatic carbocycles. The van der Waals surface area contributed by atoms with Crippen molar-refractivity contribution in [2.75, 3.05) is 6.54 Å². The Balaban J connectivity index is 0.00000312. The van der Waals surface area contributed by atoms with Gasteiger partial charge in [-0.1, -0.05) is 19.3 Å². The number of aryl methyl sites for hydroxylation is 1. The summed E-state index contributed by atoms with van der Waals surface area (Å²) in [5.74, 6) is -0.976. The van der Waals surface area contributed by atoms with Gasteiger partial charge in [-0.15, -0.1) is 12.4 Å². The highest BCUT2D eigenvalue weighted by Gasteiger charge is 2.57. The molecule has 1 unspecified atom stereocenters. The van der Waals surface area contributed by atoms with Crippen LogP contribution in [0.2, 0.25) is 0 Å². The molecular formula is C15H24ClF3N4O2. The molecule has 144 valence electrons. The number of aliphatic hydroxyl groups is 1. The van der Waals surface area contributed by atoms with E-state index in [1.54, 1.807) is 0 Å². The van der Waals surface area contributed by atoms with E-state index >= 15 is 0 Å². The van der Waals surface area contributed by atoms with E-state index in [-0.39, 0.29) is 19.0 Å². The first-order valence-electron chi connectivity index (χ1n) is 7.94. The largest absolute Gasteiger partial charge is 0.424 e. The van der Waals surface area contributed by atoms with E-state index in [0.717, 1.165) is 23.8 Å². The topological polar surface area (TPSA) is 93.2 Å². The molecule has 0 aliphatic heterocycles. The van der Waals surface area contributed by atoms with Crippen molar-refractivity contribution in [2.24, 2.45) is 12.8 Å². The van der Waals surface area contributed by atoms with Gasteiger partial charge in [0.2, 0.25) is 11.5 Å². The lowest BCUT2D eigenvalue weighted by molar-refractivity contribution is -0.272. The van der Waals surface area contributed by atoms with Gasteiger partial charge in [0.25, 0.3) is 0 Å². The molecule has 1 atom stereocenters. The summed E-state index contributed by atoms with van der Waals surface area (Å²) in [6.07, 6.45) is 0.532. The highest BCUT2D eigenvalue weighted by Crippen LogP contribution is 2.40. The van der Waals surface area contributed by atoms with E-state index in [4.69, 9.17) is 5.73 Å². The summed E-state index contributed by atoms with van der Waals surface area (Å²) in [4.78, 5) is 15.8. The predicted molar refractivity (Wildman–Crippen MR) is 88.0 cm³/mol. The highest BCUT2D eigenvalue weighted by atomic mass is 35.5. The molecule has 4 N–H and O–H groups in total. The monoisotopic (exact) mass is 384 g/mol. The van der Waals surface area contributed by atoms with Crippen LogP contribution in [0.5, 0.6) is 0 Å². The minimum Gasteiger partial charge on any atom is -0.374 e. The summed E-state index contributed by atoms with van der Waals surface area (Å²) >= 11 is 0. The molecule has 2 rings (SSSR count). The summed E-state index contributed by atoms with van der Waals surface area (Å²) in [6, 6.07) is 0. The molecule has 1 aliphatic carbocycles. The number of alkyl halides is 3. The normalized spacial score (nSPS) is 19.6. The number of rotatable bonds is 5. The Bertz CT molecular complexity index is 588. The highest BCUT2D eigenvalue weighted by molar-refractivity contribution is 5.86. The van der Waals surface area contributed by atoms with Crippen molar-refractivity contribution in [1.29, 1.82) is 0 Å². The van der Waals surface area contributed by atoms with Crippen LogP contribution in [0.1, 0.15) is 44.3 Å². The second kappa shape index (κ2) is 7.92. The van der Waals surface area contributed by atoms with E-state index in [1.165, 1.54) is 19.4 Å². The molecule has 0 saturated heterocycles. The maximum atomic E-state index is 13.4. The number of aromatic nitrogens is 2. The molecule has 1 aromatic rings. The molecule has 1 aliphatic rings. The van der Waals surface area contributed by atoms with Crippen molar-refractivity contribution in [3.8, 4) is 0 Å². The molecule has 0 radical (unpaired) electrons. The molecule has 1 amide bonds. The van der Waals surface area contributed by atoms with Crippen LogP contribution in [-0.2, 0) is 17.4 Å². The molecule has 10 heteroatoms. The number of halogens is 4. The Morgan fingerprint density at radius 1 is 1.40 bits per heavy atom. The number of carbonyl (C=O) groups excluding carboxylic acids is 1. The van der Waals surface area contributed by atoms with Gasteiger partial charge in [-0.3, -0.25) is 4.79 Å².